The normalized spacial score (nSPS) is 21.7. The lowest BCUT2D eigenvalue weighted by molar-refractivity contribution is -0.138. The number of carbonyl (C=O) groups excluding carboxylic acids is 3. The Morgan fingerprint density at radius 1 is 1.09 bits per heavy atom. The van der Waals surface area contributed by atoms with Gasteiger partial charge in [0.15, 0.2) is 0 Å². The van der Waals surface area contributed by atoms with E-state index in [0.29, 0.717) is 32.5 Å². The number of para-hydroxylation sites is 2. The number of carbonyl (C=O) groups is 3. The maximum atomic E-state index is 12.0. The Bertz CT molecular complexity index is 613. The minimum Gasteiger partial charge on any atom is -0.367 e. The second kappa shape index (κ2) is 5.79. The molecule has 2 heterocycles. The van der Waals surface area contributed by atoms with Crippen molar-refractivity contribution in [1.29, 1.82) is 0 Å². The first-order valence-electron chi connectivity index (χ1n) is 7.54. The third kappa shape index (κ3) is 2.68. The van der Waals surface area contributed by atoms with Gasteiger partial charge in [0.05, 0.1) is 17.3 Å². The van der Waals surface area contributed by atoms with Gasteiger partial charge in [-0.15, -0.1) is 0 Å². The van der Waals surface area contributed by atoms with Gasteiger partial charge in [0, 0.05) is 32.5 Å². The third-order valence-corrected chi connectivity index (χ3v) is 4.19. The maximum absolute atomic E-state index is 12.0. The molecule has 0 radical (unpaired) electrons. The molecule has 3 amide bonds. The van der Waals surface area contributed by atoms with Gasteiger partial charge in [-0.3, -0.25) is 19.3 Å². The van der Waals surface area contributed by atoms with Gasteiger partial charge >= 0.3 is 0 Å². The summed E-state index contributed by atoms with van der Waals surface area (Å²) in [5.41, 5.74) is 1.70. The number of anilines is 2. The van der Waals surface area contributed by atoms with E-state index in [2.05, 4.69) is 10.2 Å². The van der Waals surface area contributed by atoms with Crippen molar-refractivity contribution >= 4 is 29.1 Å². The van der Waals surface area contributed by atoms with Gasteiger partial charge in [0.25, 0.3) is 0 Å². The van der Waals surface area contributed by atoms with Crippen LogP contribution in [0.4, 0.5) is 11.4 Å². The maximum Gasteiger partial charge on any atom is 0.229 e. The lowest BCUT2D eigenvalue weighted by Gasteiger charge is -2.27. The SMILES string of the molecule is C[C@H]1CN(CCN2C(=O)CCC2=O)c2ccccc2NC1=O. The van der Waals surface area contributed by atoms with Crippen molar-refractivity contribution in [3.8, 4) is 0 Å². The molecule has 0 aliphatic carbocycles. The minimum absolute atomic E-state index is 0.0109. The summed E-state index contributed by atoms with van der Waals surface area (Å²) in [5.74, 6) is -0.369. The molecular weight excluding hydrogens is 282 g/mol. The van der Waals surface area contributed by atoms with E-state index in [1.807, 2.05) is 31.2 Å². The first-order chi connectivity index (χ1) is 10.6. The quantitative estimate of drug-likeness (QED) is 0.853. The zero-order valence-electron chi connectivity index (χ0n) is 12.5. The molecule has 0 bridgehead atoms. The number of fused-ring (bicyclic) bond motifs is 1. The molecule has 1 fully saturated rings. The van der Waals surface area contributed by atoms with Crippen LogP contribution in [0, 0.1) is 5.92 Å². The number of nitrogens with zero attached hydrogens (tertiary/aromatic N) is 2. The summed E-state index contributed by atoms with van der Waals surface area (Å²) >= 11 is 0. The molecule has 2 aliphatic heterocycles. The van der Waals surface area contributed by atoms with Crippen LogP contribution < -0.4 is 10.2 Å². The summed E-state index contributed by atoms with van der Waals surface area (Å²) in [6.45, 7) is 3.35. The number of amides is 3. The monoisotopic (exact) mass is 301 g/mol. The highest BCUT2D eigenvalue weighted by Gasteiger charge is 2.30. The predicted molar refractivity (Wildman–Crippen MR) is 82.4 cm³/mol. The first-order valence-corrected chi connectivity index (χ1v) is 7.54. The van der Waals surface area contributed by atoms with E-state index in [4.69, 9.17) is 0 Å². The van der Waals surface area contributed by atoms with Gasteiger partial charge in [0.2, 0.25) is 17.7 Å². The molecule has 0 unspecified atom stereocenters. The third-order valence-electron chi connectivity index (χ3n) is 4.19. The summed E-state index contributed by atoms with van der Waals surface area (Å²) in [4.78, 5) is 38.8. The summed E-state index contributed by atoms with van der Waals surface area (Å²) < 4.78 is 0. The van der Waals surface area contributed by atoms with Crippen LogP contribution in [0.3, 0.4) is 0 Å². The van der Waals surface area contributed by atoms with Gasteiger partial charge in [-0.2, -0.15) is 0 Å². The van der Waals surface area contributed by atoms with Crippen molar-refractivity contribution in [3.05, 3.63) is 24.3 Å². The van der Waals surface area contributed by atoms with Crippen LogP contribution in [-0.4, -0.2) is 42.3 Å². The topological polar surface area (TPSA) is 69.7 Å². The lowest BCUT2D eigenvalue weighted by atomic mass is 10.1. The number of rotatable bonds is 3. The number of hydrogen-bond acceptors (Lipinski definition) is 4. The Kier molecular flexibility index (Phi) is 3.83. The van der Waals surface area contributed by atoms with E-state index in [9.17, 15) is 14.4 Å². The second-order valence-electron chi connectivity index (χ2n) is 5.79. The second-order valence-corrected chi connectivity index (χ2v) is 5.79. The highest BCUT2D eigenvalue weighted by molar-refractivity contribution is 6.02. The Hall–Kier alpha value is -2.37. The molecule has 3 rings (SSSR count). The number of benzene rings is 1. The molecule has 22 heavy (non-hydrogen) atoms. The fourth-order valence-electron chi connectivity index (χ4n) is 2.93. The number of nitrogens with one attached hydrogen (secondary N) is 1. The zero-order chi connectivity index (χ0) is 15.7. The molecule has 116 valence electrons. The Labute approximate surface area is 129 Å². The van der Waals surface area contributed by atoms with Crippen LogP contribution in [0.15, 0.2) is 24.3 Å². The smallest absolute Gasteiger partial charge is 0.229 e. The van der Waals surface area contributed by atoms with Gasteiger partial charge in [0.1, 0.15) is 0 Å². The summed E-state index contributed by atoms with van der Waals surface area (Å²) in [6.07, 6.45) is 0.623. The molecule has 6 heteroatoms. The highest BCUT2D eigenvalue weighted by Crippen LogP contribution is 2.29. The van der Waals surface area contributed by atoms with Gasteiger partial charge < -0.3 is 10.2 Å². The van der Waals surface area contributed by atoms with Crippen molar-refractivity contribution in [2.45, 2.75) is 19.8 Å². The van der Waals surface area contributed by atoms with Gasteiger partial charge in [-0.05, 0) is 12.1 Å². The van der Waals surface area contributed by atoms with Gasteiger partial charge in [-0.1, -0.05) is 19.1 Å². The fourth-order valence-corrected chi connectivity index (χ4v) is 2.93. The molecule has 6 nitrogen and oxygen atoms in total. The average molecular weight is 301 g/mol. The Morgan fingerprint density at radius 2 is 1.77 bits per heavy atom. The van der Waals surface area contributed by atoms with E-state index in [0.717, 1.165) is 11.4 Å². The standard InChI is InChI=1S/C16H19N3O3/c1-11-10-18(8-9-19-14(20)6-7-15(19)21)13-5-3-2-4-12(13)17-16(11)22/h2-5,11H,6-10H2,1H3,(H,17,22)/t11-/m0/s1. The van der Waals surface area contributed by atoms with Crippen molar-refractivity contribution < 1.29 is 14.4 Å². The average Bonchev–Trinajstić information content (AvgIpc) is 2.76. The number of likely N-dealkylation sites (tertiary alicyclic amines) is 1. The van der Waals surface area contributed by atoms with E-state index in [1.165, 1.54) is 4.90 Å². The summed E-state index contributed by atoms with van der Waals surface area (Å²) in [7, 11) is 0. The van der Waals surface area contributed by atoms with Crippen molar-refractivity contribution in [2.24, 2.45) is 5.92 Å². The summed E-state index contributed by atoms with van der Waals surface area (Å²) in [6, 6.07) is 7.60. The van der Waals surface area contributed by atoms with Crippen LogP contribution in [0.1, 0.15) is 19.8 Å². The molecule has 0 spiro atoms. The van der Waals surface area contributed by atoms with E-state index in [-0.39, 0.29) is 23.6 Å². The molecule has 2 aliphatic rings. The molecule has 1 atom stereocenters. The molecule has 1 aromatic carbocycles. The summed E-state index contributed by atoms with van der Waals surface area (Å²) in [5, 5.41) is 2.92. The van der Waals surface area contributed by atoms with Crippen LogP contribution >= 0.6 is 0 Å². The fraction of sp³-hybridized carbons (Fsp3) is 0.438. The van der Waals surface area contributed by atoms with Crippen LogP contribution in [0.5, 0.6) is 0 Å². The Balaban J connectivity index is 1.78. The highest BCUT2D eigenvalue weighted by atomic mass is 16.2. The minimum atomic E-state index is -0.155. The van der Waals surface area contributed by atoms with Crippen LogP contribution in [-0.2, 0) is 14.4 Å². The van der Waals surface area contributed by atoms with Gasteiger partial charge in [-0.25, -0.2) is 0 Å². The van der Waals surface area contributed by atoms with E-state index >= 15 is 0 Å². The predicted octanol–water partition coefficient (Wildman–Crippen LogP) is 1.23. The van der Waals surface area contributed by atoms with Crippen LogP contribution in [0.2, 0.25) is 0 Å². The lowest BCUT2D eigenvalue weighted by Crippen LogP contribution is -2.39. The van der Waals surface area contributed by atoms with Crippen molar-refractivity contribution in [2.75, 3.05) is 29.9 Å². The molecule has 0 saturated carbocycles. The molecule has 1 saturated heterocycles. The number of hydrogen-bond donors (Lipinski definition) is 1. The van der Waals surface area contributed by atoms with E-state index < -0.39 is 0 Å². The molecular formula is C16H19N3O3. The largest absolute Gasteiger partial charge is 0.367 e. The van der Waals surface area contributed by atoms with E-state index in [1.54, 1.807) is 0 Å². The molecule has 1 aromatic rings. The molecule has 0 aromatic heterocycles. The number of imide groups is 1. The van der Waals surface area contributed by atoms with Crippen LogP contribution in [0.25, 0.3) is 0 Å². The molecule has 1 N–H and O–H groups in total. The van der Waals surface area contributed by atoms with Crippen molar-refractivity contribution in [3.63, 3.8) is 0 Å². The first kappa shape index (κ1) is 14.6. The zero-order valence-corrected chi connectivity index (χ0v) is 12.5. The Morgan fingerprint density at radius 3 is 2.50 bits per heavy atom. The van der Waals surface area contributed by atoms with Crippen molar-refractivity contribution in [1.82, 2.24) is 4.90 Å².